The van der Waals surface area contributed by atoms with Crippen LogP contribution >= 0.6 is 22.9 Å². The van der Waals surface area contributed by atoms with E-state index in [4.69, 9.17) is 21.1 Å². The summed E-state index contributed by atoms with van der Waals surface area (Å²) in [6.45, 7) is 1.61. The van der Waals surface area contributed by atoms with Crippen LogP contribution in [0.3, 0.4) is 0 Å². The first-order chi connectivity index (χ1) is 16.3. The molecule has 0 bridgehead atoms. The van der Waals surface area contributed by atoms with Crippen LogP contribution in [-0.4, -0.2) is 42.0 Å². The molecule has 0 spiro atoms. The molecular formula is C24H19ClN2O6S. The number of aliphatic hydroxyl groups excluding tert-OH is 1. The Balaban J connectivity index is 1.93. The van der Waals surface area contributed by atoms with E-state index in [1.165, 1.54) is 19.1 Å². The lowest BCUT2D eigenvalue weighted by atomic mass is 9.95. The Hall–Kier alpha value is -3.69. The van der Waals surface area contributed by atoms with Gasteiger partial charge in [-0.25, -0.2) is 9.78 Å². The number of ether oxygens (including phenoxy) is 2. The van der Waals surface area contributed by atoms with E-state index in [2.05, 4.69) is 4.98 Å². The quantitative estimate of drug-likeness (QED) is 0.238. The lowest BCUT2D eigenvalue weighted by Gasteiger charge is -2.23. The second kappa shape index (κ2) is 9.28. The summed E-state index contributed by atoms with van der Waals surface area (Å²) in [4.78, 5) is 44.3. The number of anilines is 1. The molecule has 1 fully saturated rings. The summed E-state index contributed by atoms with van der Waals surface area (Å²) in [5.41, 5.74) is 1.08. The molecule has 1 atom stereocenters. The van der Waals surface area contributed by atoms with Crippen LogP contribution in [0.25, 0.3) is 5.76 Å². The lowest BCUT2D eigenvalue weighted by molar-refractivity contribution is -0.132. The zero-order chi connectivity index (χ0) is 24.6. The molecule has 0 saturated carbocycles. The predicted octanol–water partition coefficient (Wildman–Crippen LogP) is 4.53. The van der Waals surface area contributed by atoms with Gasteiger partial charge in [0.25, 0.3) is 5.78 Å². The number of rotatable bonds is 5. The zero-order valence-corrected chi connectivity index (χ0v) is 19.9. The highest BCUT2D eigenvalue weighted by Gasteiger charge is 2.48. The number of methoxy groups -OCH3 is 2. The third kappa shape index (κ3) is 4.04. The van der Waals surface area contributed by atoms with Gasteiger partial charge in [-0.3, -0.25) is 14.5 Å². The largest absolute Gasteiger partial charge is 0.507 e. The van der Waals surface area contributed by atoms with Crippen LogP contribution in [0.2, 0.25) is 5.02 Å². The van der Waals surface area contributed by atoms with Crippen molar-refractivity contribution < 1.29 is 29.0 Å². The molecule has 174 valence electrons. The summed E-state index contributed by atoms with van der Waals surface area (Å²) in [7, 11) is 2.73. The Morgan fingerprint density at radius 3 is 2.50 bits per heavy atom. The molecule has 0 aliphatic carbocycles. The number of halogens is 1. The van der Waals surface area contributed by atoms with Crippen molar-refractivity contribution in [3.63, 3.8) is 0 Å². The van der Waals surface area contributed by atoms with Crippen LogP contribution < -0.4 is 9.64 Å². The molecule has 1 aliphatic heterocycles. The SMILES string of the molecule is COC(=O)c1sc(N2C(=O)C(=O)/C(=C(/O)c3cccc(OC)c3)[C@@H]2c2ccc(Cl)cc2)nc1C. The first kappa shape index (κ1) is 23.5. The number of amides is 1. The molecule has 2 aromatic carbocycles. The third-order valence-electron chi connectivity index (χ3n) is 5.34. The predicted molar refractivity (Wildman–Crippen MR) is 127 cm³/mol. The zero-order valence-electron chi connectivity index (χ0n) is 18.4. The highest BCUT2D eigenvalue weighted by atomic mass is 35.5. The number of carbonyl (C=O) groups is 3. The van der Waals surface area contributed by atoms with E-state index in [1.54, 1.807) is 55.5 Å². The van der Waals surface area contributed by atoms with Gasteiger partial charge in [0.05, 0.1) is 31.5 Å². The number of Topliss-reactive ketones (excluding diaryl/α,β-unsaturated/α-hetero) is 1. The van der Waals surface area contributed by atoms with Crippen molar-refractivity contribution in [1.82, 2.24) is 4.98 Å². The van der Waals surface area contributed by atoms with Gasteiger partial charge in [-0.05, 0) is 36.8 Å². The highest BCUT2D eigenvalue weighted by molar-refractivity contribution is 7.17. The Labute approximate surface area is 204 Å². The first-order valence-corrected chi connectivity index (χ1v) is 11.2. The van der Waals surface area contributed by atoms with E-state index < -0.39 is 23.7 Å². The number of hydrogen-bond donors (Lipinski definition) is 1. The van der Waals surface area contributed by atoms with Crippen molar-refractivity contribution in [2.45, 2.75) is 13.0 Å². The van der Waals surface area contributed by atoms with Gasteiger partial charge in [-0.2, -0.15) is 0 Å². The molecule has 0 radical (unpaired) electrons. The number of thiazole rings is 1. The number of esters is 1. The maximum atomic E-state index is 13.2. The molecule has 0 unspecified atom stereocenters. The van der Waals surface area contributed by atoms with Crippen LogP contribution in [0.5, 0.6) is 5.75 Å². The summed E-state index contributed by atoms with van der Waals surface area (Å²) >= 11 is 6.98. The highest BCUT2D eigenvalue weighted by Crippen LogP contribution is 2.44. The second-order valence-electron chi connectivity index (χ2n) is 7.36. The second-order valence-corrected chi connectivity index (χ2v) is 8.77. The fourth-order valence-corrected chi connectivity index (χ4v) is 4.82. The van der Waals surface area contributed by atoms with Gasteiger partial charge in [0.2, 0.25) is 0 Å². The van der Waals surface area contributed by atoms with Crippen LogP contribution in [0.4, 0.5) is 5.13 Å². The van der Waals surface area contributed by atoms with Crippen molar-refractivity contribution in [2.24, 2.45) is 0 Å². The number of aliphatic hydroxyl groups is 1. The molecule has 2 heterocycles. The molecule has 1 saturated heterocycles. The average molecular weight is 499 g/mol. The van der Waals surface area contributed by atoms with Gasteiger partial charge < -0.3 is 14.6 Å². The summed E-state index contributed by atoms with van der Waals surface area (Å²) in [5.74, 6) is -2.25. The molecule has 1 aliphatic rings. The molecule has 1 aromatic heterocycles. The number of nitrogens with zero attached hydrogens (tertiary/aromatic N) is 2. The normalized spacial score (nSPS) is 17.2. The van der Waals surface area contributed by atoms with Crippen LogP contribution in [-0.2, 0) is 14.3 Å². The average Bonchev–Trinajstić information content (AvgIpc) is 3.35. The summed E-state index contributed by atoms with van der Waals surface area (Å²) in [6, 6.07) is 12.1. The van der Waals surface area contributed by atoms with Crippen LogP contribution in [0, 0.1) is 6.92 Å². The maximum absolute atomic E-state index is 13.2. The van der Waals surface area contributed by atoms with E-state index in [0.29, 0.717) is 27.6 Å². The molecule has 1 N–H and O–H groups in total. The summed E-state index contributed by atoms with van der Waals surface area (Å²) < 4.78 is 10.0. The van der Waals surface area contributed by atoms with E-state index in [-0.39, 0.29) is 21.3 Å². The van der Waals surface area contributed by atoms with E-state index in [1.807, 2.05) is 0 Å². The van der Waals surface area contributed by atoms with Gasteiger partial charge in [0, 0.05) is 10.6 Å². The first-order valence-electron chi connectivity index (χ1n) is 10.0. The molecule has 3 aromatic rings. The fourth-order valence-electron chi connectivity index (χ4n) is 3.68. The Morgan fingerprint density at radius 1 is 1.15 bits per heavy atom. The smallest absolute Gasteiger partial charge is 0.350 e. The van der Waals surface area contributed by atoms with Gasteiger partial charge >= 0.3 is 11.9 Å². The van der Waals surface area contributed by atoms with Crippen molar-refractivity contribution in [1.29, 1.82) is 0 Å². The molecule has 10 heteroatoms. The minimum atomic E-state index is -1.00. The van der Waals surface area contributed by atoms with Gasteiger partial charge in [-0.15, -0.1) is 0 Å². The molecular weight excluding hydrogens is 480 g/mol. The van der Waals surface area contributed by atoms with Crippen LogP contribution in [0.15, 0.2) is 54.1 Å². The van der Waals surface area contributed by atoms with E-state index >= 15 is 0 Å². The van der Waals surface area contributed by atoms with Crippen molar-refractivity contribution in [2.75, 3.05) is 19.1 Å². The van der Waals surface area contributed by atoms with Crippen LogP contribution in [0.1, 0.15) is 32.5 Å². The molecule has 4 rings (SSSR count). The number of aryl methyl sites for hydroxylation is 1. The lowest BCUT2D eigenvalue weighted by Crippen LogP contribution is -2.29. The van der Waals surface area contributed by atoms with Crippen molar-refractivity contribution >= 4 is 51.5 Å². The number of aromatic nitrogens is 1. The van der Waals surface area contributed by atoms with Gasteiger partial charge in [-0.1, -0.05) is 47.2 Å². The minimum Gasteiger partial charge on any atom is -0.507 e. The fraction of sp³-hybridized carbons (Fsp3) is 0.167. The Kier molecular flexibility index (Phi) is 6.41. The summed E-state index contributed by atoms with van der Waals surface area (Å²) in [6.07, 6.45) is 0. The number of benzene rings is 2. The molecule has 8 nitrogen and oxygen atoms in total. The summed E-state index contributed by atoms with van der Waals surface area (Å²) in [5, 5.41) is 11.8. The minimum absolute atomic E-state index is 0.118. The van der Waals surface area contributed by atoms with Crippen molar-refractivity contribution in [3.05, 3.63) is 80.8 Å². The molecule has 1 amide bonds. The van der Waals surface area contributed by atoms with Gasteiger partial charge in [0.15, 0.2) is 5.13 Å². The standard InChI is InChI=1S/C24H19ClN2O6S/c1-12-21(23(31)33-3)34-24(26-12)27-18(13-7-9-15(25)10-8-13)17(20(29)22(27)30)19(28)14-5-4-6-16(11-14)32-2/h4-11,18,28H,1-3H3/b19-17+/t18-/m0/s1. The topological polar surface area (TPSA) is 106 Å². The van der Waals surface area contributed by atoms with Gasteiger partial charge in [0.1, 0.15) is 16.4 Å². The van der Waals surface area contributed by atoms with E-state index in [9.17, 15) is 19.5 Å². The Bertz CT molecular complexity index is 1330. The number of ketones is 1. The van der Waals surface area contributed by atoms with E-state index in [0.717, 1.165) is 11.3 Å². The number of carbonyl (C=O) groups excluding carboxylic acids is 3. The number of hydrogen-bond acceptors (Lipinski definition) is 8. The third-order valence-corrected chi connectivity index (χ3v) is 6.72. The monoisotopic (exact) mass is 498 g/mol. The Morgan fingerprint density at radius 2 is 1.85 bits per heavy atom. The maximum Gasteiger partial charge on any atom is 0.350 e. The molecule has 34 heavy (non-hydrogen) atoms. The van der Waals surface area contributed by atoms with Crippen molar-refractivity contribution in [3.8, 4) is 5.75 Å².